The summed E-state index contributed by atoms with van der Waals surface area (Å²) in [6, 6.07) is 7.52. The van der Waals surface area contributed by atoms with Gasteiger partial charge in [0.1, 0.15) is 0 Å². The van der Waals surface area contributed by atoms with Crippen molar-refractivity contribution in [2.75, 3.05) is 24.5 Å². The first-order valence-electron chi connectivity index (χ1n) is 9.13. The summed E-state index contributed by atoms with van der Waals surface area (Å²) in [6.45, 7) is 3.20. The maximum atomic E-state index is 11.3. The molecular weight excluding hydrogens is 322 g/mol. The summed E-state index contributed by atoms with van der Waals surface area (Å²) >= 11 is 0. The average molecular weight is 352 g/mol. The van der Waals surface area contributed by atoms with Gasteiger partial charge in [0.15, 0.2) is 0 Å². The Morgan fingerprint density at radius 2 is 1.62 bits per heavy atom. The lowest BCUT2D eigenvalue weighted by Gasteiger charge is -2.35. The van der Waals surface area contributed by atoms with E-state index in [2.05, 4.69) is 10.2 Å². The Morgan fingerprint density at radius 1 is 1.00 bits per heavy atom. The van der Waals surface area contributed by atoms with Crippen LogP contribution in [0.1, 0.15) is 44.9 Å². The number of rotatable bonds is 5. The molecular formula is C18H29N3O2S. The molecule has 1 aliphatic heterocycles. The van der Waals surface area contributed by atoms with Crippen LogP contribution in [0.4, 0.5) is 5.69 Å². The molecule has 2 fully saturated rings. The van der Waals surface area contributed by atoms with E-state index in [1.165, 1.54) is 38.6 Å². The van der Waals surface area contributed by atoms with Crippen molar-refractivity contribution in [2.45, 2.75) is 55.9 Å². The van der Waals surface area contributed by atoms with Gasteiger partial charge < -0.3 is 10.2 Å². The largest absolute Gasteiger partial charge is 0.371 e. The van der Waals surface area contributed by atoms with Gasteiger partial charge in [-0.1, -0.05) is 19.3 Å². The van der Waals surface area contributed by atoms with Gasteiger partial charge in [-0.25, -0.2) is 13.6 Å². The molecule has 0 amide bonds. The van der Waals surface area contributed by atoms with E-state index < -0.39 is 10.0 Å². The van der Waals surface area contributed by atoms with Crippen LogP contribution < -0.4 is 15.4 Å². The van der Waals surface area contributed by atoms with E-state index in [-0.39, 0.29) is 4.90 Å². The van der Waals surface area contributed by atoms with Crippen molar-refractivity contribution in [1.82, 2.24) is 5.32 Å². The second-order valence-electron chi connectivity index (χ2n) is 7.21. The lowest BCUT2D eigenvalue weighted by molar-refractivity contribution is 0.311. The van der Waals surface area contributed by atoms with Gasteiger partial charge in [-0.2, -0.15) is 0 Å². The van der Waals surface area contributed by atoms with Gasteiger partial charge in [-0.3, -0.25) is 0 Å². The minimum Gasteiger partial charge on any atom is -0.371 e. The smallest absolute Gasteiger partial charge is 0.238 e. The second kappa shape index (κ2) is 7.85. The number of benzene rings is 1. The molecule has 1 saturated heterocycles. The predicted molar refractivity (Wildman–Crippen MR) is 97.6 cm³/mol. The minimum absolute atomic E-state index is 0.176. The Kier molecular flexibility index (Phi) is 5.79. The second-order valence-corrected chi connectivity index (χ2v) is 8.77. The van der Waals surface area contributed by atoms with Crippen LogP contribution in [-0.4, -0.2) is 34.1 Å². The fraction of sp³-hybridized carbons (Fsp3) is 0.667. The fourth-order valence-corrected chi connectivity index (χ4v) is 4.43. The molecule has 0 unspecified atom stereocenters. The van der Waals surface area contributed by atoms with Gasteiger partial charge in [0, 0.05) is 24.8 Å². The summed E-state index contributed by atoms with van der Waals surface area (Å²) in [4.78, 5) is 2.50. The highest BCUT2D eigenvalue weighted by Crippen LogP contribution is 2.24. The Morgan fingerprint density at radius 3 is 2.21 bits per heavy atom. The number of primary sulfonamides is 1. The SMILES string of the molecule is NS(=O)(=O)c1ccc(N2CCC(NCC3CCCCC3)CC2)cc1. The van der Waals surface area contributed by atoms with E-state index in [1.54, 1.807) is 12.1 Å². The molecule has 0 spiro atoms. The summed E-state index contributed by atoms with van der Waals surface area (Å²) < 4.78 is 22.6. The maximum absolute atomic E-state index is 11.3. The van der Waals surface area contributed by atoms with Crippen molar-refractivity contribution >= 4 is 15.7 Å². The van der Waals surface area contributed by atoms with Crippen LogP contribution in [0.2, 0.25) is 0 Å². The molecule has 1 heterocycles. The molecule has 1 aromatic rings. The van der Waals surface area contributed by atoms with Crippen molar-refractivity contribution < 1.29 is 8.42 Å². The lowest BCUT2D eigenvalue weighted by atomic mass is 9.89. The molecule has 3 N–H and O–H groups in total. The van der Waals surface area contributed by atoms with Gasteiger partial charge in [0.05, 0.1) is 4.90 Å². The highest BCUT2D eigenvalue weighted by atomic mass is 32.2. The molecule has 0 aromatic heterocycles. The third kappa shape index (κ3) is 4.71. The van der Waals surface area contributed by atoms with Crippen LogP contribution in [0.5, 0.6) is 0 Å². The number of hydrogen-bond donors (Lipinski definition) is 2. The van der Waals surface area contributed by atoms with Crippen LogP contribution in [0.15, 0.2) is 29.2 Å². The van der Waals surface area contributed by atoms with Gasteiger partial charge in [0.25, 0.3) is 0 Å². The minimum atomic E-state index is -3.61. The van der Waals surface area contributed by atoms with E-state index in [0.29, 0.717) is 6.04 Å². The van der Waals surface area contributed by atoms with Crippen LogP contribution in [-0.2, 0) is 10.0 Å². The number of hydrogen-bond acceptors (Lipinski definition) is 4. The van der Waals surface area contributed by atoms with Gasteiger partial charge in [-0.15, -0.1) is 0 Å². The van der Waals surface area contributed by atoms with Crippen molar-refractivity contribution in [3.63, 3.8) is 0 Å². The quantitative estimate of drug-likeness (QED) is 0.854. The van der Waals surface area contributed by atoms with Crippen LogP contribution >= 0.6 is 0 Å². The van der Waals surface area contributed by atoms with Crippen LogP contribution in [0.25, 0.3) is 0 Å². The summed E-state index contributed by atoms with van der Waals surface area (Å²) in [5, 5.41) is 8.92. The molecule has 6 heteroatoms. The van der Waals surface area contributed by atoms with Crippen LogP contribution in [0.3, 0.4) is 0 Å². The summed E-state index contributed by atoms with van der Waals surface area (Å²) in [6.07, 6.45) is 9.29. The van der Waals surface area contributed by atoms with Crippen molar-refractivity contribution in [3.8, 4) is 0 Å². The summed E-state index contributed by atoms with van der Waals surface area (Å²) in [5.74, 6) is 0.877. The maximum Gasteiger partial charge on any atom is 0.238 e. The molecule has 0 radical (unpaired) electrons. The third-order valence-corrected chi connectivity index (χ3v) is 6.37. The van der Waals surface area contributed by atoms with E-state index in [0.717, 1.165) is 37.5 Å². The van der Waals surface area contributed by atoms with Gasteiger partial charge >= 0.3 is 0 Å². The van der Waals surface area contributed by atoms with Crippen molar-refractivity contribution in [3.05, 3.63) is 24.3 Å². The Bertz CT molecular complexity index is 616. The lowest BCUT2D eigenvalue weighted by Crippen LogP contribution is -2.44. The van der Waals surface area contributed by atoms with E-state index in [4.69, 9.17) is 5.14 Å². The van der Waals surface area contributed by atoms with Crippen molar-refractivity contribution in [1.29, 1.82) is 0 Å². The standard InChI is InChI=1S/C18H29N3O2S/c19-24(22,23)18-8-6-17(7-9-18)21-12-10-16(11-13-21)20-14-15-4-2-1-3-5-15/h6-9,15-16,20H,1-5,10-14H2,(H2,19,22,23). The fourth-order valence-electron chi connectivity index (χ4n) is 3.91. The highest BCUT2D eigenvalue weighted by molar-refractivity contribution is 7.89. The molecule has 1 saturated carbocycles. The summed E-state index contributed by atoms with van der Waals surface area (Å²) in [5.41, 5.74) is 1.08. The van der Waals surface area contributed by atoms with Crippen molar-refractivity contribution in [2.24, 2.45) is 11.1 Å². The Balaban J connectivity index is 1.46. The highest BCUT2D eigenvalue weighted by Gasteiger charge is 2.21. The monoisotopic (exact) mass is 351 g/mol. The first kappa shape index (κ1) is 17.7. The molecule has 0 bridgehead atoms. The number of anilines is 1. The van der Waals surface area contributed by atoms with E-state index in [9.17, 15) is 8.42 Å². The average Bonchev–Trinajstić information content (AvgIpc) is 2.61. The van der Waals surface area contributed by atoms with Crippen LogP contribution in [0, 0.1) is 5.92 Å². The zero-order valence-corrected chi connectivity index (χ0v) is 15.1. The summed E-state index contributed by atoms with van der Waals surface area (Å²) in [7, 11) is -3.61. The Hall–Kier alpha value is -1.11. The van der Waals surface area contributed by atoms with E-state index >= 15 is 0 Å². The number of sulfonamides is 1. The molecule has 1 aromatic carbocycles. The first-order valence-corrected chi connectivity index (χ1v) is 10.7. The first-order chi connectivity index (χ1) is 11.5. The third-order valence-electron chi connectivity index (χ3n) is 5.45. The van der Waals surface area contributed by atoms with E-state index in [1.807, 2.05) is 12.1 Å². The molecule has 5 nitrogen and oxygen atoms in total. The number of nitrogens with two attached hydrogens (primary N) is 1. The normalized spacial score (nSPS) is 21.1. The molecule has 1 aliphatic carbocycles. The molecule has 24 heavy (non-hydrogen) atoms. The molecule has 3 rings (SSSR count). The molecule has 134 valence electrons. The topological polar surface area (TPSA) is 75.4 Å². The Labute approximate surface area is 145 Å². The number of nitrogens with zero attached hydrogens (tertiary/aromatic N) is 1. The zero-order chi connectivity index (χ0) is 17.0. The van der Waals surface area contributed by atoms with Gasteiger partial charge in [0.2, 0.25) is 10.0 Å². The van der Waals surface area contributed by atoms with Gasteiger partial charge in [-0.05, 0) is 62.4 Å². The zero-order valence-electron chi connectivity index (χ0n) is 14.3. The number of nitrogens with one attached hydrogen (secondary N) is 1. The number of piperidine rings is 1. The molecule has 0 atom stereocenters. The molecule has 2 aliphatic rings. The predicted octanol–water partition coefficient (Wildman–Crippen LogP) is 2.47.